The number of aromatic amines is 1. The molecule has 0 saturated carbocycles. The maximum atomic E-state index is 13.0. The molecule has 2 aromatic carbocycles. The molecule has 10 heteroatoms. The van der Waals surface area contributed by atoms with Crippen LogP contribution in [0.25, 0.3) is 11.4 Å². The molecule has 1 atom stereocenters. The number of carbonyl (C=O) groups is 2. The van der Waals surface area contributed by atoms with Gasteiger partial charge in [0.2, 0.25) is 11.8 Å². The summed E-state index contributed by atoms with van der Waals surface area (Å²) in [5, 5.41) is 2.77. The predicted octanol–water partition coefficient (Wildman–Crippen LogP) is 3.75. The summed E-state index contributed by atoms with van der Waals surface area (Å²) in [7, 11) is 0. The van der Waals surface area contributed by atoms with Crippen molar-refractivity contribution < 1.29 is 22.8 Å². The largest absolute Gasteiger partial charge is 0.416 e. The zero-order valence-electron chi connectivity index (χ0n) is 18.1. The number of aromatic nitrogens is 2. The number of alkyl halides is 3. The summed E-state index contributed by atoms with van der Waals surface area (Å²) < 4.78 is 38.9. The highest BCUT2D eigenvalue weighted by Gasteiger charge is 2.35. The van der Waals surface area contributed by atoms with Crippen molar-refractivity contribution in [3.8, 4) is 11.4 Å². The van der Waals surface area contributed by atoms with Gasteiger partial charge in [0.15, 0.2) is 0 Å². The average molecular weight is 470 g/mol. The molecule has 2 amide bonds. The van der Waals surface area contributed by atoms with Crippen molar-refractivity contribution in [2.75, 3.05) is 11.9 Å². The zero-order chi connectivity index (χ0) is 24.5. The van der Waals surface area contributed by atoms with Crippen molar-refractivity contribution in [2.45, 2.75) is 26.1 Å². The lowest BCUT2D eigenvalue weighted by Crippen LogP contribution is -2.28. The van der Waals surface area contributed by atoms with Crippen LogP contribution in [0.1, 0.15) is 23.2 Å². The van der Waals surface area contributed by atoms with Gasteiger partial charge in [-0.05, 0) is 36.8 Å². The summed E-state index contributed by atoms with van der Waals surface area (Å²) in [6, 6.07) is 12.9. The van der Waals surface area contributed by atoms with Crippen LogP contribution in [0.3, 0.4) is 0 Å². The first-order valence-electron chi connectivity index (χ1n) is 10.5. The van der Waals surface area contributed by atoms with Crippen molar-refractivity contribution in [3.05, 3.63) is 81.8 Å². The van der Waals surface area contributed by atoms with E-state index in [1.165, 1.54) is 23.1 Å². The lowest BCUT2D eigenvalue weighted by molar-refractivity contribution is -0.137. The molecule has 34 heavy (non-hydrogen) atoms. The molecule has 1 unspecified atom stereocenters. The standard InChI is InChI=1S/C24H21F3N4O3/c1-14-8-20(32)30-22(28-14)16-5-3-7-19(10-16)29-23(34)17-11-21(33)31(13-17)12-15-4-2-6-18(9-15)24(25,26)27/h2-10,17H,11-13H2,1H3,(H,29,34)(H,28,30,32). The van der Waals surface area contributed by atoms with Crippen LogP contribution in [0.15, 0.2) is 59.4 Å². The van der Waals surface area contributed by atoms with Crippen molar-refractivity contribution in [3.63, 3.8) is 0 Å². The van der Waals surface area contributed by atoms with Gasteiger partial charge in [0, 0.05) is 42.5 Å². The van der Waals surface area contributed by atoms with E-state index in [4.69, 9.17) is 0 Å². The highest BCUT2D eigenvalue weighted by Crippen LogP contribution is 2.30. The fourth-order valence-electron chi connectivity index (χ4n) is 3.87. The molecule has 2 N–H and O–H groups in total. The number of nitrogens with zero attached hydrogens (tertiary/aromatic N) is 2. The summed E-state index contributed by atoms with van der Waals surface area (Å²) in [5.74, 6) is -0.946. The second kappa shape index (κ2) is 9.12. The number of hydrogen-bond acceptors (Lipinski definition) is 4. The molecule has 1 saturated heterocycles. The first-order chi connectivity index (χ1) is 16.1. The number of likely N-dealkylation sites (tertiary alicyclic amines) is 1. The Morgan fingerprint density at radius 3 is 2.65 bits per heavy atom. The van der Waals surface area contributed by atoms with Gasteiger partial charge in [-0.25, -0.2) is 4.98 Å². The summed E-state index contributed by atoms with van der Waals surface area (Å²) >= 11 is 0. The molecular weight excluding hydrogens is 449 g/mol. The molecular formula is C24H21F3N4O3. The van der Waals surface area contributed by atoms with Crippen LogP contribution in [0, 0.1) is 12.8 Å². The van der Waals surface area contributed by atoms with Crippen LogP contribution < -0.4 is 10.9 Å². The quantitative estimate of drug-likeness (QED) is 0.594. The zero-order valence-corrected chi connectivity index (χ0v) is 18.1. The minimum Gasteiger partial charge on any atom is -0.338 e. The van der Waals surface area contributed by atoms with Crippen LogP contribution >= 0.6 is 0 Å². The third kappa shape index (κ3) is 5.33. The molecule has 1 fully saturated rings. The molecule has 1 aliphatic heterocycles. The summed E-state index contributed by atoms with van der Waals surface area (Å²) in [5.41, 5.74) is 0.898. The van der Waals surface area contributed by atoms with Gasteiger partial charge in [-0.2, -0.15) is 13.2 Å². The maximum Gasteiger partial charge on any atom is 0.416 e. The number of nitrogens with one attached hydrogen (secondary N) is 2. The van der Waals surface area contributed by atoms with E-state index in [-0.39, 0.29) is 36.9 Å². The molecule has 2 heterocycles. The molecule has 0 radical (unpaired) electrons. The van der Waals surface area contributed by atoms with Crippen molar-refractivity contribution in [1.82, 2.24) is 14.9 Å². The highest BCUT2D eigenvalue weighted by atomic mass is 19.4. The van der Waals surface area contributed by atoms with E-state index in [1.54, 1.807) is 31.2 Å². The number of anilines is 1. The fraction of sp³-hybridized carbons (Fsp3) is 0.250. The number of aryl methyl sites for hydroxylation is 1. The van der Waals surface area contributed by atoms with E-state index in [0.717, 1.165) is 12.1 Å². The second-order valence-corrected chi connectivity index (χ2v) is 8.18. The van der Waals surface area contributed by atoms with Crippen molar-refractivity contribution in [1.29, 1.82) is 0 Å². The molecule has 4 rings (SSSR count). The Balaban J connectivity index is 1.43. The first-order valence-corrected chi connectivity index (χ1v) is 10.5. The molecule has 0 bridgehead atoms. The number of carbonyl (C=O) groups excluding carboxylic acids is 2. The van der Waals surface area contributed by atoms with Crippen molar-refractivity contribution in [2.24, 2.45) is 5.92 Å². The van der Waals surface area contributed by atoms with Gasteiger partial charge >= 0.3 is 6.18 Å². The van der Waals surface area contributed by atoms with Gasteiger partial charge in [-0.1, -0.05) is 24.3 Å². The van der Waals surface area contributed by atoms with Crippen LogP contribution in [0.5, 0.6) is 0 Å². The number of benzene rings is 2. The Labute approximate surface area is 192 Å². The third-order valence-electron chi connectivity index (χ3n) is 5.49. The Morgan fingerprint density at radius 2 is 1.91 bits per heavy atom. The lowest BCUT2D eigenvalue weighted by atomic mass is 10.1. The summed E-state index contributed by atoms with van der Waals surface area (Å²) in [6.07, 6.45) is -4.50. The molecule has 176 valence electrons. The summed E-state index contributed by atoms with van der Waals surface area (Å²) in [6.45, 7) is 1.80. The molecule has 7 nitrogen and oxygen atoms in total. The predicted molar refractivity (Wildman–Crippen MR) is 119 cm³/mol. The van der Waals surface area contributed by atoms with Gasteiger partial charge in [0.1, 0.15) is 5.82 Å². The third-order valence-corrected chi connectivity index (χ3v) is 5.49. The number of hydrogen-bond donors (Lipinski definition) is 2. The normalized spacial score (nSPS) is 16.1. The number of halogens is 3. The molecule has 1 aromatic heterocycles. The topological polar surface area (TPSA) is 95.2 Å². The van der Waals surface area contributed by atoms with Gasteiger partial charge in [0.25, 0.3) is 5.56 Å². The van der Waals surface area contributed by atoms with Crippen LogP contribution in [-0.2, 0) is 22.3 Å². The number of rotatable bonds is 5. The average Bonchev–Trinajstić information content (AvgIpc) is 3.13. The van der Waals surface area contributed by atoms with E-state index < -0.39 is 17.7 Å². The van der Waals surface area contributed by atoms with Gasteiger partial charge in [-0.3, -0.25) is 14.4 Å². The molecule has 0 spiro atoms. The smallest absolute Gasteiger partial charge is 0.338 e. The van der Waals surface area contributed by atoms with Crippen molar-refractivity contribution >= 4 is 17.5 Å². The SMILES string of the molecule is Cc1cc(=O)[nH]c(-c2cccc(NC(=O)C3CC(=O)N(Cc4cccc(C(F)(F)F)c4)C3)c2)n1. The fourth-order valence-corrected chi connectivity index (χ4v) is 3.87. The maximum absolute atomic E-state index is 13.0. The minimum absolute atomic E-state index is 0.00555. The molecule has 3 aromatic rings. The lowest BCUT2D eigenvalue weighted by Gasteiger charge is -2.18. The monoisotopic (exact) mass is 470 g/mol. The Bertz CT molecular complexity index is 1300. The van der Waals surface area contributed by atoms with Gasteiger partial charge < -0.3 is 15.2 Å². The molecule has 1 aliphatic rings. The minimum atomic E-state index is -4.47. The van der Waals surface area contributed by atoms with E-state index in [0.29, 0.717) is 28.3 Å². The van der Waals surface area contributed by atoms with Crippen LogP contribution in [-0.4, -0.2) is 33.2 Å². The highest BCUT2D eigenvalue weighted by molar-refractivity contribution is 5.97. The number of H-pyrrole nitrogens is 1. The number of amides is 2. The Morgan fingerprint density at radius 1 is 1.15 bits per heavy atom. The van der Waals surface area contributed by atoms with Crippen LogP contribution in [0.2, 0.25) is 0 Å². The van der Waals surface area contributed by atoms with E-state index in [1.807, 2.05) is 0 Å². The van der Waals surface area contributed by atoms with Crippen LogP contribution in [0.4, 0.5) is 18.9 Å². The van der Waals surface area contributed by atoms with E-state index in [2.05, 4.69) is 15.3 Å². The van der Waals surface area contributed by atoms with E-state index >= 15 is 0 Å². The molecule has 0 aliphatic carbocycles. The summed E-state index contributed by atoms with van der Waals surface area (Å²) in [4.78, 5) is 45.3. The van der Waals surface area contributed by atoms with Gasteiger partial charge in [-0.15, -0.1) is 0 Å². The van der Waals surface area contributed by atoms with E-state index in [9.17, 15) is 27.6 Å². The Hall–Kier alpha value is -3.95. The van der Waals surface area contributed by atoms with Gasteiger partial charge in [0.05, 0.1) is 11.5 Å². The first kappa shape index (κ1) is 23.2. The second-order valence-electron chi connectivity index (χ2n) is 8.18. The Kier molecular flexibility index (Phi) is 6.23.